The molecule has 0 amide bonds. The molecule has 24 heavy (non-hydrogen) atoms. The van der Waals surface area contributed by atoms with E-state index in [1.165, 1.54) is 17.8 Å². The summed E-state index contributed by atoms with van der Waals surface area (Å²) >= 11 is 1.24. The molecule has 1 aromatic rings. The SMILES string of the molecule is CCOC(=O)CC1CSc2cc(C(O)(CF)C(F)(F)F)ccc2N1. The molecule has 9 heteroatoms. The van der Waals surface area contributed by atoms with Crippen LogP contribution >= 0.6 is 11.8 Å². The van der Waals surface area contributed by atoms with Gasteiger partial charge in [-0.25, -0.2) is 4.39 Å². The largest absolute Gasteiger partial charge is 0.466 e. The summed E-state index contributed by atoms with van der Waals surface area (Å²) in [6, 6.07) is 3.30. The Hall–Kier alpha value is -1.48. The second-order valence-electron chi connectivity index (χ2n) is 5.36. The van der Waals surface area contributed by atoms with Crippen LogP contribution in [0, 0.1) is 0 Å². The number of hydrogen-bond donors (Lipinski definition) is 2. The zero-order valence-corrected chi connectivity index (χ0v) is 13.6. The number of aliphatic hydroxyl groups is 1. The molecular formula is C15H17F4NO3S. The molecule has 1 aliphatic rings. The van der Waals surface area contributed by atoms with Gasteiger partial charge in [0.1, 0.15) is 6.67 Å². The molecule has 2 N–H and O–H groups in total. The molecular weight excluding hydrogens is 350 g/mol. The highest BCUT2D eigenvalue weighted by molar-refractivity contribution is 7.99. The van der Waals surface area contributed by atoms with Crippen molar-refractivity contribution in [1.82, 2.24) is 0 Å². The number of benzene rings is 1. The van der Waals surface area contributed by atoms with E-state index in [0.29, 0.717) is 16.3 Å². The first-order chi connectivity index (χ1) is 11.2. The van der Waals surface area contributed by atoms with E-state index in [1.807, 2.05) is 0 Å². The van der Waals surface area contributed by atoms with Crippen LogP contribution in [-0.2, 0) is 15.1 Å². The van der Waals surface area contributed by atoms with E-state index in [4.69, 9.17) is 4.74 Å². The summed E-state index contributed by atoms with van der Waals surface area (Å²) in [5, 5.41) is 12.7. The second-order valence-corrected chi connectivity index (χ2v) is 6.43. The van der Waals surface area contributed by atoms with Gasteiger partial charge in [-0.1, -0.05) is 6.07 Å². The third-order valence-corrected chi connectivity index (χ3v) is 4.86. The number of fused-ring (bicyclic) bond motifs is 1. The molecule has 0 fully saturated rings. The van der Waals surface area contributed by atoms with Crippen molar-refractivity contribution in [3.8, 4) is 0 Å². The number of hydrogen-bond acceptors (Lipinski definition) is 5. The van der Waals surface area contributed by atoms with Gasteiger partial charge in [-0.2, -0.15) is 13.2 Å². The van der Waals surface area contributed by atoms with Gasteiger partial charge in [0, 0.05) is 22.4 Å². The second kappa shape index (κ2) is 7.18. The number of anilines is 1. The molecule has 2 unspecified atom stereocenters. The lowest BCUT2D eigenvalue weighted by atomic mass is 9.94. The van der Waals surface area contributed by atoms with Crippen LogP contribution in [0.15, 0.2) is 23.1 Å². The van der Waals surface area contributed by atoms with Gasteiger partial charge >= 0.3 is 12.1 Å². The predicted molar refractivity (Wildman–Crippen MR) is 81.8 cm³/mol. The first kappa shape index (κ1) is 18.9. The zero-order valence-electron chi connectivity index (χ0n) is 12.8. The Balaban J connectivity index is 2.18. The lowest BCUT2D eigenvalue weighted by Crippen LogP contribution is -2.44. The molecule has 1 aliphatic heterocycles. The maximum atomic E-state index is 12.9. The molecule has 0 aliphatic carbocycles. The van der Waals surface area contributed by atoms with Crippen molar-refractivity contribution in [1.29, 1.82) is 0 Å². The molecule has 2 atom stereocenters. The van der Waals surface area contributed by atoms with Gasteiger partial charge in [-0.05, 0) is 24.6 Å². The van der Waals surface area contributed by atoms with E-state index in [9.17, 15) is 27.5 Å². The quantitative estimate of drug-likeness (QED) is 0.618. The topological polar surface area (TPSA) is 58.6 Å². The van der Waals surface area contributed by atoms with Crippen LogP contribution in [-0.4, -0.2) is 42.3 Å². The molecule has 0 saturated carbocycles. The highest BCUT2D eigenvalue weighted by atomic mass is 32.2. The van der Waals surface area contributed by atoms with Crippen LogP contribution in [0.5, 0.6) is 0 Å². The molecule has 134 valence electrons. The normalized spacial score (nSPS) is 19.8. The van der Waals surface area contributed by atoms with Crippen molar-refractivity contribution in [2.24, 2.45) is 0 Å². The maximum absolute atomic E-state index is 12.9. The standard InChI is InChI=1S/C15H17F4NO3S/c1-2-23-13(21)6-10-7-24-12-5-9(3-4-11(12)20-10)14(22,8-16)15(17,18)19/h3-5,10,20,22H,2,6-8H2,1H3. The van der Waals surface area contributed by atoms with Crippen LogP contribution < -0.4 is 5.32 Å². The fourth-order valence-corrected chi connectivity index (χ4v) is 3.39. The fourth-order valence-electron chi connectivity index (χ4n) is 2.32. The molecule has 0 radical (unpaired) electrons. The number of rotatable bonds is 5. The number of carbonyl (C=O) groups excluding carboxylic acids is 1. The van der Waals surface area contributed by atoms with Crippen LogP contribution in [0.25, 0.3) is 0 Å². The van der Waals surface area contributed by atoms with Gasteiger partial charge in [0.15, 0.2) is 0 Å². The number of ether oxygens (including phenoxy) is 1. The fraction of sp³-hybridized carbons (Fsp3) is 0.533. The Morgan fingerprint density at radius 2 is 2.17 bits per heavy atom. The summed E-state index contributed by atoms with van der Waals surface area (Å²) < 4.78 is 56.6. The summed E-state index contributed by atoms with van der Waals surface area (Å²) in [6.07, 6.45) is -4.98. The molecule has 2 rings (SSSR count). The van der Waals surface area contributed by atoms with E-state index in [2.05, 4.69) is 5.32 Å². The van der Waals surface area contributed by atoms with E-state index in [0.717, 1.165) is 12.1 Å². The Morgan fingerprint density at radius 1 is 1.46 bits per heavy atom. The Kier molecular flexibility index (Phi) is 5.64. The van der Waals surface area contributed by atoms with Crippen molar-refractivity contribution in [3.63, 3.8) is 0 Å². The molecule has 1 heterocycles. The predicted octanol–water partition coefficient (Wildman–Crippen LogP) is 3.25. The van der Waals surface area contributed by atoms with Crippen molar-refractivity contribution in [3.05, 3.63) is 23.8 Å². The average molecular weight is 367 g/mol. The van der Waals surface area contributed by atoms with E-state index in [-0.39, 0.29) is 25.0 Å². The smallest absolute Gasteiger partial charge is 0.424 e. The van der Waals surface area contributed by atoms with Crippen molar-refractivity contribution >= 4 is 23.4 Å². The summed E-state index contributed by atoms with van der Waals surface area (Å²) in [6.45, 7) is 0.0151. The number of carbonyl (C=O) groups is 1. The third kappa shape index (κ3) is 3.77. The maximum Gasteiger partial charge on any atom is 0.424 e. The molecule has 4 nitrogen and oxygen atoms in total. The van der Waals surface area contributed by atoms with Gasteiger partial charge in [-0.3, -0.25) is 4.79 Å². The number of halogens is 4. The van der Waals surface area contributed by atoms with E-state index < -0.39 is 24.0 Å². The van der Waals surface area contributed by atoms with Gasteiger partial charge < -0.3 is 15.2 Å². The molecule has 0 saturated heterocycles. The summed E-state index contributed by atoms with van der Waals surface area (Å²) in [5.41, 5.74) is -3.54. The molecule has 0 aromatic heterocycles. The lowest BCUT2D eigenvalue weighted by Gasteiger charge is -2.31. The minimum Gasteiger partial charge on any atom is -0.466 e. The first-order valence-electron chi connectivity index (χ1n) is 7.25. The van der Waals surface area contributed by atoms with Crippen LogP contribution in [0.3, 0.4) is 0 Å². The molecule has 0 bridgehead atoms. The molecule has 1 aromatic carbocycles. The van der Waals surface area contributed by atoms with Crippen molar-refractivity contribution in [2.45, 2.75) is 36.1 Å². The number of thioether (sulfide) groups is 1. The third-order valence-electron chi connectivity index (χ3n) is 3.64. The molecule has 0 spiro atoms. The Bertz CT molecular complexity index is 611. The van der Waals surface area contributed by atoms with Crippen LogP contribution in [0.4, 0.5) is 23.2 Å². The van der Waals surface area contributed by atoms with Crippen LogP contribution in [0.2, 0.25) is 0 Å². The van der Waals surface area contributed by atoms with Crippen LogP contribution in [0.1, 0.15) is 18.9 Å². The lowest BCUT2D eigenvalue weighted by molar-refractivity contribution is -0.271. The summed E-state index contributed by atoms with van der Waals surface area (Å²) in [5.74, 6) is 0.0783. The van der Waals surface area contributed by atoms with Crippen molar-refractivity contribution < 1.29 is 32.2 Å². The van der Waals surface area contributed by atoms with Gasteiger partial charge in [0.05, 0.1) is 13.0 Å². The Morgan fingerprint density at radius 3 is 2.75 bits per heavy atom. The average Bonchev–Trinajstić information content (AvgIpc) is 2.52. The highest BCUT2D eigenvalue weighted by Crippen LogP contribution is 2.43. The Labute approximate surface area is 140 Å². The first-order valence-corrected chi connectivity index (χ1v) is 8.24. The monoisotopic (exact) mass is 367 g/mol. The minimum atomic E-state index is -5.12. The van der Waals surface area contributed by atoms with Gasteiger partial charge in [0.25, 0.3) is 0 Å². The van der Waals surface area contributed by atoms with Crippen molar-refractivity contribution in [2.75, 3.05) is 24.4 Å². The highest BCUT2D eigenvalue weighted by Gasteiger charge is 2.55. The van der Waals surface area contributed by atoms with Gasteiger partial charge in [0.2, 0.25) is 5.60 Å². The zero-order chi connectivity index (χ0) is 18.0. The van der Waals surface area contributed by atoms with E-state index >= 15 is 0 Å². The number of alkyl halides is 4. The van der Waals surface area contributed by atoms with E-state index in [1.54, 1.807) is 6.92 Å². The summed E-state index contributed by atoms with van der Waals surface area (Å²) in [4.78, 5) is 11.9. The van der Waals surface area contributed by atoms with Gasteiger partial charge in [-0.15, -0.1) is 11.8 Å². The summed E-state index contributed by atoms with van der Waals surface area (Å²) in [7, 11) is 0. The number of nitrogens with one attached hydrogen (secondary N) is 1. The number of esters is 1. The minimum absolute atomic E-state index is 0.138.